The second-order valence-electron chi connectivity index (χ2n) is 5.17. The number of hydrogen-bond donors (Lipinski definition) is 0. The summed E-state index contributed by atoms with van der Waals surface area (Å²) in [4.78, 5) is 0. The van der Waals surface area contributed by atoms with Gasteiger partial charge in [-0.25, -0.2) is 0 Å². The zero-order valence-corrected chi connectivity index (χ0v) is 13.6. The third-order valence-electron chi connectivity index (χ3n) is 3.40. The van der Waals surface area contributed by atoms with Crippen LogP contribution in [0.25, 0.3) is 0 Å². The minimum absolute atomic E-state index is 0.223. The summed E-state index contributed by atoms with van der Waals surface area (Å²) in [6.07, 6.45) is 6.46. The van der Waals surface area contributed by atoms with Gasteiger partial charge in [0.05, 0.1) is 5.60 Å². The standard InChI is InChI=1S/C12H24O.2C2H6/c1-10(2)9-12(13-4)7-5-11(3)6-8-12;2*1-2/h10-11H,5-9H2,1-4H3;2*1-2H3. The van der Waals surface area contributed by atoms with Crippen LogP contribution in [0.4, 0.5) is 0 Å². The van der Waals surface area contributed by atoms with Crippen LogP contribution < -0.4 is 0 Å². The Bertz CT molecular complexity index is 144. The van der Waals surface area contributed by atoms with Crippen LogP contribution in [-0.2, 0) is 4.74 Å². The van der Waals surface area contributed by atoms with Gasteiger partial charge in [0.2, 0.25) is 0 Å². The molecule has 106 valence electrons. The van der Waals surface area contributed by atoms with E-state index in [2.05, 4.69) is 20.8 Å². The lowest BCUT2D eigenvalue weighted by Crippen LogP contribution is -2.37. The summed E-state index contributed by atoms with van der Waals surface area (Å²) >= 11 is 0. The van der Waals surface area contributed by atoms with E-state index in [0.29, 0.717) is 0 Å². The number of ether oxygens (including phenoxy) is 1. The Labute approximate surface area is 110 Å². The molecule has 1 fully saturated rings. The smallest absolute Gasteiger partial charge is 0.0681 e. The molecule has 0 unspecified atom stereocenters. The van der Waals surface area contributed by atoms with Crippen LogP contribution in [0.2, 0.25) is 0 Å². The maximum absolute atomic E-state index is 5.74. The highest BCUT2D eigenvalue weighted by atomic mass is 16.5. The van der Waals surface area contributed by atoms with Crippen molar-refractivity contribution in [2.24, 2.45) is 11.8 Å². The molecule has 1 rings (SSSR count). The molecule has 0 aromatic rings. The van der Waals surface area contributed by atoms with Gasteiger partial charge in [-0.3, -0.25) is 0 Å². The van der Waals surface area contributed by atoms with Crippen molar-refractivity contribution in [1.29, 1.82) is 0 Å². The minimum Gasteiger partial charge on any atom is -0.378 e. The number of methoxy groups -OCH3 is 1. The van der Waals surface area contributed by atoms with Gasteiger partial charge >= 0.3 is 0 Å². The van der Waals surface area contributed by atoms with Gasteiger partial charge in [-0.15, -0.1) is 0 Å². The number of rotatable bonds is 3. The molecule has 0 saturated heterocycles. The fourth-order valence-electron chi connectivity index (χ4n) is 2.52. The molecule has 0 heterocycles. The maximum Gasteiger partial charge on any atom is 0.0681 e. The molecule has 1 aliphatic carbocycles. The zero-order valence-electron chi connectivity index (χ0n) is 13.6. The van der Waals surface area contributed by atoms with Crippen LogP contribution in [-0.4, -0.2) is 12.7 Å². The highest BCUT2D eigenvalue weighted by Crippen LogP contribution is 2.38. The van der Waals surface area contributed by atoms with E-state index in [1.54, 1.807) is 0 Å². The van der Waals surface area contributed by atoms with Gasteiger partial charge in [0.15, 0.2) is 0 Å². The number of hydrogen-bond acceptors (Lipinski definition) is 1. The molecule has 1 aliphatic rings. The fourth-order valence-corrected chi connectivity index (χ4v) is 2.52. The highest BCUT2D eigenvalue weighted by molar-refractivity contribution is 4.86. The molecule has 0 radical (unpaired) electrons. The molecule has 0 aliphatic heterocycles. The lowest BCUT2D eigenvalue weighted by atomic mass is 9.75. The Hall–Kier alpha value is -0.0400. The summed E-state index contributed by atoms with van der Waals surface area (Å²) in [5, 5.41) is 0. The molecule has 1 heteroatoms. The quantitative estimate of drug-likeness (QED) is 0.620. The predicted molar refractivity (Wildman–Crippen MR) is 79.5 cm³/mol. The molecule has 0 aromatic carbocycles. The molecular formula is C16H36O. The molecule has 0 atom stereocenters. The maximum atomic E-state index is 5.74. The van der Waals surface area contributed by atoms with Gasteiger partial charge in [-0.1, -0.05) is 48.5 Å². The van der Waals surface area contributed by atoms with E-state index in [1.807, 2.05) is 34.8 Å². The van der Waals surface area contributed by atoms with E-state index in [0.717, 1.165) is 11.8 Å². The molecule has 0 spiro atoms. The van der Waals surface area contributed by atoms with Gasteiger partial charge in [0.25, 0.3) is 0 Å². The van der Waals surface area contributed by atoms with Gasteiger partial charge in [0, 0.05) is 7.11 Å². The SMILES string of the molecule is CC.CC.COC1(CC(C)C)CCC(C)CC1. The summed E-state index contributed by atoms with van der Waals surface area (Å²) in [6.45, 7) is 14.9. The average molecular weight is 244 g/mol. The third kappa shape index (κ3) is 7.81. The first-order valence-electron chi connectivity index (χ1n) is 7.63. The third-order valence-corrected chi connectivity index (χ3v) is 3.40. The highest BCUT2D eigenvalue weighted by Gasteiger charge is 2.34. The van der Waals surface area contributed by atoms with Crippen molar-refractivity contribution in [3.8, 4) is 0 Å². The van der Waals surface area contributed by atoms with Crippen molar-refractivity contribution in [2.75, 3.05) is 7.11 Å². The second kappa shape index (κ2) is 11.1. The Morgan fingerprint density at radius 1 is 1.06 bits per heavy atom. The van der Waals surface area contributed by atoms with E-state index in [9.17, 15) is 0 Å². The summed E-state index contributed by atoms with van der Waals surface area (Å²) in [6, 6.07) is 0. The molecule has 1 saturated carbocycles. The Morgan fingerprint density at radius 2 is 1.47 bits per heavy atom. The monoisotopic (exact) mass is 244 g/mol. The summed E-state index contributed by atoms with van der Waals surface area (Å²) in [5.41, 5.74) is 0.223. The first-order valence-corrected chi connectivity index (χ1v) is 7.63. The largest absolute Gasteiger partial charge is 0.378 e. The van der Waals surface area contributed by atoms with E-state index in [1.165, 1.54) is 32.1 Å². The van der Waals surface area contributed by atoms with Crippen LogP contribution in [0.3, 0.4) is 0 Å². The molecule has 0 bridgehead atoms. The lowest BCUT2D eigenvalue weighted by Gasteiger charge is -2.39. The molecule has 1 nitrogen and oxygen atoms in total. The van der Waals surface area contributed by atoms with Crippen LogP contribution in [0.15, 0.2) is 0 Å². The molecule has 0 amide bonds. The second-order valence-corrected chi connectivity index (χ2v) is 5.17. The normalized spacial score (nSPS) is 27.7. The molecule has 0 aromatic heterocycles. The van der Waals surface area contributed by atoms with Crippen molar-refractivity contribution in [3.05, 3.63) is 0 Å². The molecule has 17 heavy (non-hydrogen) atoms. The lowest BCUT2D eigenvalue weighted by molar-refractivity contribution is -0.0614. The summed E-state index contributed by atoms with van der Waals surface area (Å²) < 4.78 is 5.74. The van der Waals surface area contributed by atoms with E-state index in [-0.39, 0.29) is 5.60 Å². The van der Waals surface area contributed by atoms with Crippen LogP contribution >= 0.6 is 0 Å². The summed E-state index contributed by atoms with van der Waals surface area (Å²) in [5.74, 6) is 1.67. The Balaban J connectivity index is 0. The molecule has 0 N–H and O–H groups in total. The first-order chi connectivity index (χ1) is 8.08. The average Bonchev–Trinajstić information content (AvgIpc) is 2.37. The van der Waals surface area contributed by atoms with Crippen molar-refractivity contribution < 1.29 is 4.74 Å². The predicted octanol–water partition coefficient (Wildman–Crippen LogP) is 5.68. The van der Waals surface area contributed by atoms with E-state index in [4.69, 9.17) is 4.74 Å². The van der Waals surface area contributed by atoms with Crippen molar-refractivity contribution in [3.63, 3.8) is 0 Å². The van der Waals surface area contributed by atoms with Gasteiger partial charge in [0.1, 0.15) is 0 Å². The Morgan fingerprint density at radius 3 is 1.76 bits per heavy atom. The van der Waals surface area contributed by atoms with Gasteiger partial charge in [-0.2, -0.15) is 0 Å². The zero-order chi connectivity index (χ0) is 13.9. The van der Waals surface area contributed by atoms with Crippen molar-refractivity contribution >= 4 is 0 Å². The summed E-state index contributed by atoms with van der Waals surface area (Å²) in [7, 11) is 1.89. The van der Waals surface area contributed by atoms with Gasteiger partial charge < -0.3 is 4.74 Å². The van der Waals surface area contributed by atoms with Crippen LogP contribution in [0, 0.1) is 11.8 Å². The van der Waals surface area contributed by atoms with Gasteiger partial charge in [-0.05, 0) is 43.9 Å². The van der Waals surface area contributed by atoms with Crippen LogP contribution in [0.5, 0.6) is 0 Å². The van der Waals surface area contributed by atoms with Crippen molar-refractivity contribution in [1.82, 2.24) is 0 Å². The van der Waals surface area contributed by atoms with E-state index >= 15 is 0 Å². The van der Waals surface area contributed by atoms with E-state index < -0.39 is 0 Å². The molecular weight excluding hydrogens is 208 g/mol. The fraction of sp³-hybridized carbons (Fsp3) is 1.00. The minimum atomic E-state index is 0.223. The Kier molecular flexibility index (Phi) is 12.6. The topological polar surface area (TPSA) is 9.23 Å². The van der Waals surface area contributed by atoms with Crippen molar-refractivity contribution in [2.45, 2.75) is 86.2 Å². The first kappa shape index (κ1) is 19.3. The van der Waals surface area contributed by atoms with Crippen LogP contribution in [0.1, 0.15) is 80.6 Å².